The highest BCUT2D eigenvalue weighted by molar-refractivity contribution is 6.06. The van der Waals surface area contributed by atoms with Crippen LogP contribution >= 0.6 is 0 Å². The van der Waals surface area contributed by atoms with Crippen molar-refractivity contribution < 1.29 is 19.4 Å². The molecule has 24 heavy (non-hydrogen) atoms. The zero-order valence-electron chi connectivity index (χ0n) is 14.6. The molecule has 2 atom stereocenters. The highest BCUT2D eigenvalue weighted by atomic mass is 16.5. The molecule has 0 saturated carbocycles. The Bertz CT molecular complexity index is 505. The van der Waals surface area contributed by atoms with E-state index in [1.807, 2.05) is 32.0 Å². The molecule has 0 aliphatic heterocycles. The number of anilines is 1. The molecule has 134 valence electrons. The predicted molar refractivity (Wildman–Crippen MR) is 93.8 cm³/mol. The van der Waals surface area contributed by atoms with E-state index in [1.165, 1.54) is 6.92 Å². The van der Waals surface area contributed by atoms with Gasteiger partial charge in [0.2, 0.25) is 5.91 Å². The van der Waals surface area contributed by atoms with Gasteiger partial charge in [-0.3, -0.25) is 9.59 Å². The van der Waals surface area contributed by atoms with E-state index < -0.39 is 12.0 Å². The summed E-state index contributed by atoms with van der Waals surface area (Å²) in [6, 6.07) is 9.31. The lowest BCUT2D eigenvalue weighted by molar-refractivity contribution is -0.130. The van der Waals surface area contributed by atoms with E-state index in [4.69, 9.17) is 4.74 Å². The number of amides is 1. The lowest BCUT2D eigenvalue weighted by Gasteiger charge is -2.16. The van der Waals surface area contributed by atoms with Gasteiger partial charge in [-0.25, -0.2) is 0 Å². The number of carbonyl (C=O) groups excluding carboxylic acids is 2. The van der Waals surface area contributed by atoms with Crippen molar-refractivity contribution in [3.63, 3.8) is 0 Å². The quantitative estimate of drug-likeness (QED) is 0.422. The van der Waals surface area contributed by atoms with Gasteiger partial charge < -0.3 is 20.5 Å². The maximum atomic E-state index is 12.2. The van der Waals surface area contributed by atoms with E-state index in [-0.39, 0.29) is 24.9 Å². The summed E-state index contributed by atoms with van der Waals surface area (Å²) < 4.78 is 5.39. The van der Waals surface area contributed by atoms with Crippen LogP contribution in [0.5, 0.6) is 0 Å². The second-order valence-electron chi connectivity index (χ2n) is 6.10. The number of para-hydroxylation sites is 1. The van der Waals surface area contributed by atoms with Crippen LogP contribution in [0.4, 0.5) is 5.69 Å². The normalized spacial score (nSPS) is 13.5. The standard InChI is InChI=1S/C18H28N2O4/c1-13(2)19-11-16(22)12-24-10-9-17(14(3)21)18(23)20-15-7-5-4-6-8-15/h4-8,13,16-17,19,22H,9-12H2,1-3H3,(H,20,23). The first-order valence-corrected chi connectivity index (χ1v) is 8.25. The van der Waals surface area contributed by atoms with Gasteiger partial charge >= 0.3 is 0 Å². The minimum atomic E-state index is -0.754. The summed E-state index contributed by atoms with van der Waals surface area (Å²) in [7, 11) is 0. The summed E-state index contributed by atoms with van der Waals surface area (Å²) in [6.07, 6.45) is -0.320. The molecule has 3 N–H and O–H groups in total. The van der Waals surface area contributed by atoms with E-state index in [1.54, 1.807) is 12.1 Å². The number of ketones is 1. The van der Waals surface area contributed by atoms with Crippen LogP contribution in [0.15, 0.2) is 30.3 Å². The molecule has 1 aromatic carbocycles. The Balaban J connectivity index is 2.35. The Morgan fingerprint density at radius 3 is 2.46 bits per heavy atom. The molecular formula is C18H28N2O4. The Labute approximate surface area is 143 Å². The monoisotopic (exact) mass is 336 g/mol. The molecule has 0 saturated heterocycles. The number of aliphatic hydroxyl groups is 1. The fourth-order valence-corrected chi connectivity index (χ4v) is 2.12. The van der Waals surface area contributed by atoms with Crippen LogP contribution in [0.1, 0.15) is 27.2 Å². The molecule has 1 rings (SSSR count). The van der Waals surface area contributed by atoms with Gasteiger partial charge in [-0.1, -0.05) is 32.0 Å². The first kappa shape index (κ1) is 20.3. The molecule has 1 amide bonds. The third kappa shape index (κ3) is 8.19. The number of carbonyl (C=O) groups is 2. The molecule has 6 heteroatoms. The summed E-state index contributed by atoms with van der Waals surface area (Å²) in [5, 5.41) is 15.6. The van der Waals surface area contributed by atoms with Crippen molar-refractivity contribution in [3.8, 4) is 0 Å². The third-order valence-electron chi connectivity index (χ3n) is 3.47. The zero-order valence-corrected chi connectivity index (χ0v) is 14.6. The van der Waals surface area contributed by atoms with E-state index in [2.05, 4.69) is 10.6 Å². The van der Waals surface area contributed by atoms with Gasteiger partial charge in [0.25, 0.3) is 0 Å². The molecule has 0 aliphatic rings. The van der Waals surface area contributed by atoms with Gasteiger partial charge in [0, 0.05) is 24.9 Å². The van der Waals surface area contributed by atoms with Crippen molar-refractivity contribution in [2.24, 2.45) is 5.92 Å². The van der Waals surface area contributed by atoms with E-state index in [9.17, 15) is 14.7 Å². The minimum Gasteiger partial charge on any atom is -0.389 e. The first-order valence-electron chi connectivity index (χ1n) is 8.25. The largest absolute Gasteiger partial charge is 0.389 e. The van der Waals surface area contributed by atoms with Gasteiger partial charge in [0.15, 0.2) is 0 Å². The van der Waals surface area contributed by atoms with Crippen molar-refractivity contribution in [1.29, 1.82) is 0 Å². The number of hydrogen-bond acceptors (Lipinski definition) is 5. The van der Waals surface area contributed by atoms with Gasteiger partial charge in [-0.15, -0.1) is 0 Å². The fourth-order valence-electron chi connectivity index (χ4n) is 2.12. The van der Waals surface area contributed by atoms with Crippen LogP contribution in [-0.2, 0) is 14.3 Å². The average Bonchev–Trinajstić information content (AvgIpc) is 2.53. The highest BCUT2D eigenvalue weighted by Crippen LogP contribution is 2.11. The average molecular weight is 336 g/mol. The van der Waals surface area contributed by atoms with Crippen LogP contribution in [0.25, 0.3) is 0 Å². The Morgan fingerprint density at radius 1 is 1.21 bits per heavy atom. The molecule has 2 unspecified atom stereocenters. The number of benzene rings is 1. The third-order valence-corrected chi connectivity index (χ3v) is 3.47. The number of rotatable bonds is 11. The lowest BCUT2D eigenvalue weighted by atomic mass is 10.0. The summed E-state index contributed by atoms with van der Waals surface area (Å²) in [5.41, 5.74) is 0.657. The first-order chi connectivity index (χ1) is 11.4. The fraction of sp³-hybridized carbons (Fsp3) is 0.556. The van der Waals surface area contributed by atoms with E-state index in [0.29, 0.717) is 24.7 Å². The maximum absolute atomic E-state index is 12.2. The number of aliphatic hydroxyl groups excluding tert-OH is 1. The molecule has 1 aromatic rings. The maximum Gasteiger partial charge on any atom is 0.235 e. The Morgan fingerprint density at radius 2 is 1.88 bits per heavy atom. The second-order valence-corrected chi connectivity index (χ2v) is 6.10. The molecule has 0 radical (unpaired) electrons. The molecule has 0 bridgehead atoms. The van der Waals surface area contributed by atoms with Crippen molar-refractivity contribution in [2.45, 2.75) is 39.3 Å². The number of nitrogens with one attached hydrogen (secondary N) is 2. The summed E-state index contributed by atoms with van der Waals surface area (Å²) in [4.78, 5) is 23.9. The number of ether oxygens (including phenoxy) is 1. The van der Waals surface area contributed by atoms with Crippen molar-refractivity contribution in [2.75, 3.05) is 25.1 Å². The van der Waals surface area contributed by atoms with E-state index in [0.717, 1.165) is 0 Å². The van der Waals surface area contributed by atoms with E-state index >= 15 is 0 Å². The molecule has 0 aromatic heterocycles. The Kier molecular flexibility index (Phi) is 9.22. The summed E-state index contributed by atoms with van der Waals surface area (Å²) >= 11 is 0. The van der Waals surface area contributed by atoms with Gasteiger partial charge in [-0.05, 0) is 25.5 Å². The SMILES string of the molecule is CC(=O)C(CCOCC(O)CNC(C)C)C(=O)Nc1ccccc1. The predicted octanol–water partition coefficient (Wildman–Crippen LogP) is 1.60. The highest BCUT2D eigenvalue weighted by Gasteiger charge is 2.23. The molecule has 0 fully saturated rings. The van der Waals surface area contributed by atoms with Gasteiger partial charge in [0.05, 0.1) is 18.6 Å². The summed E-state index contributed by atoms with van der Waals surface area (Å²) in [5.74, 6) is -1.29. The van der Waals surface area contributed by atoms with Crippen LogP contribution < -0.4 is 10.6 Å². The van der Waals surface area contributed by atoms with Crippen molar-refractivity contribution in [3.05, 3.63) is 30.3 Å². The minimum absolute atomic E-state index is 0.171. The van der Waals surface area contributed by atoms with Crippen LogP contribution in [0, 0.1) is 5.92 Å². The van der Waals surface area contributed by atoms with Gasteiger partial charge in [-0.2, -0.15) is 0 Å². The summed E-state index contributed by atoms with van der Waals surface area (Å²) in [6.45, 7) is 6.25. The zero-order chi connectivity index (χ0) is 17.9. The second kappa shape index (κ2) is 10.9. The molecule has 0 spiro atoms. The van der Waals surface area contributed by atoms with Crippen LogP contribution in [0.3, 0.4) is 0 Å². The number of hydrogen-bond donors (Lipinski definition) is 3. The molecular weight excluding hydrogens is 308 g/mol. The van der Waals surface area contributed by atoms with Crippen LogP contribution in [0.2, 0.25) is 0 Å². The lowest BCUT2D eigenvalue weighted by Crippen LogP contribution is -2.35. The topological polar surface area (TPSA) is 87.7 Å². The van der Waals surface area contributed by atoms with Gasteiger partial charge in [0.1, 0.15) is 5.78 Å². The van der Waals surface area contributed by atoms with Crippen LogP contribution in [-0.4, -0.2) is 48.7 Å². The Hall–Kier alpha value is -1.76. The van der Waals surface area contributed by atoms with Crippen molar-refractivity contribution in [1.82, 2.24) is 5.32 Å². The molecule has 0 aliphatic carbocycles. The molecule has 6 nitrogen and oxygen atoms in total. The number of Topliss-reactive ketones (excluding diaryl/α,β-unsaturated/α-hetero) is 1. The van der Waals surface area contributed by atoms with Crippen molar-refractivity contribution >= 4 is 17.4 Å². The molecule has 0 heterocycles. The smallest absolute Gasteiger partial charge is 0.235 e.